The zero-order valence-electron chi connectivity index (χ0n) is 15.9. The van der Waals surface area contributed by atoms with E-state index in [1.165, 1.54) is 17.8 Å². The molecule has 1 saturated heterocycles. The van der Waals surface area contributed by atoms with E-state index in [1.54, 1.807) is 12.1 Å². The highest BCUT2D eigenvalue weighted by Crippen LogP contribution is 2.15. The van der Waals surface area contributed by atoms with Gasteiger partial charge in [0.2, 0.25) is 5.91 Å². The van der Waals surface area contributed by atoms with E-state index in [4.69, 9.17) is 0 Å². The van der Waals surface area contributed by atoms with Crippen molar-refractivity contribution in [2.24, 2.45) is 0 Å². The summed E-state index contributed by atoms with van der Waals surface area (Å²) in [6, 6.07) is 11.9. The van der Waals surface area contributed by atoms with E-state index in [9.17, 15) is 9.18 Å². The van der Waals surface area contributed by atoms with E-state index in [-0.39, 0.29) is 11.7 Å². The second kappa shape index (κ2) is 8.08. The van der Waals surface area contributed by atoms with Crippen molar-refractivity contribution in [1.82, 2.24) is 19.2 Å². The quantitative estimate of drug-likeness (QED) is 0.738. The maximum absolute atomic E-state index is 12.9. The Kier molecular flexibility index (Phi) is 5.36. The second-order valence-electron chi connectivity index (χ2n) is 7.18. The summed E-state index contributed by atoms with van der Waals surface area (Å²) >= 11 is 0. The Hall–Kier alpha value is -2.77. The third kappa shape index (κ3) is 4.21. The summed E-state index contributed by atoms with van der Waals surface area (Å²) in [6.07, 6.45) is 2.06. The van der Waals surface area contributed by atoms with Gasteiger partial charge in [-0.25, -0.2) is 9.37 Å². The number of rotatable bonds is 5. The lowest BCUT2D eigenvalue weighted by Gasteiger charge is -2.34. The minimum atomic E-state index is -0.310. The lowest BCUT2D eigenvalue weighted by molar-refractivity contribution is -0.117. The van der Waals surface area contributed by atoms with E-state index < -0.39 is 0 Å². The number of halogens is 1. The Bertz CT molecular complexity index is 961. The van der Waals surface area contributed by atoms with Gasteiger partial charge in [0.05, 0.1) is 17.9 Å². The van der Waals surface area contributed by atoms with E-state index in [0.29, 0.717) is 12.2 Å². The number of imidazole rings is 1. The number of pyridine rings is 1. The first-order valence-electron chi connectivity index (χ1n) is 9.51. The fraction of sp³-hybridized carbons (Fsp3) is 0.333. The molecule has 28 heavy (non-hydrogen) atoms. The molecule has 1 fully saturated rings. The largest absolute Gasteiger partial charge is 0.325 e. The summed E-state index contributed by atoms with van der Waals surface area (Å²) in [4.78, 5) is 21.4. The number of hydrogen-bond acceptors (Lipinski definition) is 4. The van der Waals surface area contributed by atoms with E-state index >= 15 is 0 Å². The molecule has 1 aromatic carbocycles. The number of hydrogen-bond donors (Lipinski definition) is 1. The normalized spacial score (nSPS) is 15.8. The van der Waals surface area contributed by atoms with E-state index in [2.05, 4.69) is 37.6 Å². The van der Waals surface area contributed by atoms with Crippen LogP contribution in [0.3, 0.4) is 0 Å². The maximum atomic E-state index is 12.9. The number of amides is 1. The topological polar surface area (TPSA) is 52.9 Å². The van der Waals surface area contributed by atoms with Crippen molar-refractivity contribution < 1.29 is 9.18 Å². The molecule has 0 aliphatic carbocycles. The number of fused-ring (bicyclic) bond motifs is 1. The summed E-state index contributed by atoms with van der Waals surface area (Å²) in [5.74, 6) is -0.381. The van der Waals surface area contributed by atoms with Crippen molar-refractivity contribution in [1.29, 1.82) is 0 Å². The molecule has 2 aromatic heterocycles. The number of nitrogens with one attached hydrogen (secondary N) is 1. The molecule has 1 aliphatic rings. The molecule has 0 radical (unpaired) electrons. The van der Waals surface area contributed by atoms with Gasteiger partial charge in [0.15, 0.2) is 0 Å². The Labute approximate surface area is 163 Å². The first-order valence-corrected chi connectivity index (χ1v) is 9.51. The lowest BCUT2D eigenvalue weighted by atomic mass is 10.2. The molecule has 6 nitrogen and oxygen atoms in total. The Balaban J connectivity index is 1.29. The third-order valence-electron chi connectivity index (χ3n) is 5.16. The van der Waals surface area contributed by atoms with Gasteiger partial charge in [0, 0.05) is 44.6 Å². The minimum absolute atomic E-state index is 0.0716. The molecule has 1 amide bonds. The molecule has 4 rings (SSSR count). The number of carbonyl (C=O) groups excluding carboxylic acids is 1. The highest BCUT2D eigenvalue weighted by Gasteiger charge is 2.21. The van der Waals surface area contributed by atoms with Crippen LogP contribution in [0.2, 0.25) is 0 Å². The Morgan fingerprint density at radius 2 is 1.79 bits per heavy atom. The summed E-state index contributed by atoms with van der Waals surface area (Å²) in [6.45, 7) is 6.75. The van der Waals surface area contributed by atoms with Gasteiger partial charge in [-0.15, -0.1) is 0 Å². The van der Waals surface area contributed by atoms with Crippen molar-refractivity contribution in [2.45, 2.75) is 13.5 Å². The molecular formula is C21H24FN5O. The lowest BCUT2D eigenvalue weighted by Crippen LogP contribution is -2.48. The Morgan fingerprint density at radius 3 is 2.54 bits per heavy atom. The van der Waals surface area contributed by atoms with Gasteiger partial charge in [-0.2, -0.15) is 0 Å². The van der Waals surface area contributed by atoms with Gasteiger partial charge < -0.3 is 9.72 Å². The van der Waals surface area contributed by atoms with Crippen LogP contribution in [-0.4, -0.2) is 57.8 Å². The average molecular weight is 381 g/mol. The molecule has 3 aromatic rings. The molecule has 146 valence electrons. The van der Waals surface area contributed by atoms with Gasteiger partial charge in [-0.1, -0.05) is 6.07 Å². The molecule has 0 spiro atoms. The summed E-state index contributed by atoms with van der Waals surface area (Å²) in [7, 11) is 0. The molecule has 0 bridgehead atoms. The van der Waals surface area contributed by atoms with Crippen LogP contribution >= 0.6 is 0 Å². The second-order valence-corrected chi connectivity index (χ2v) is 7.18. The number of nitrogens with zero attached hydrogens (tertiary/aromatic N) is 4. The number of piperazine rings is 1. The van der Waals surface area contributed by atoms with Crippen molar-refractivity contribution in [3.63, 3.8) is 0 Å². The van der Waals surface area contributed by atoms with Crippen molar-refractivity contribution in [3.05, 3.63) is 65.9 Å². The first kappa shape index (κ1) is 18.6. The molecule has 0 saturated carbocycles. The zero-order valence-corrected chi connectivity index (χ0v) is 15.9. The van der Waals surface area contributed by atoms with E-state index in [0.717, 1.165) is 44.1 Å². The molecule has 1 aliphatic heterocycles. The van der Waals surface area contributed by atoms with Crippen LogP contribution in [0, 0.1) is 12.7 Å². The van der Waals surface area contributed by atoms with Gasteiger partial charge in [0.25, 0.3) is 0 Å². The summed E-state index contributed by atoms with van der Waals surface area (Å²) in [5.41, 5.74) is 3.88. The standard InChI is InChI=1S/C21H24FN5O/c1-16-19(27-9-3-2-4-20(27)23-16)14-25-10-12-26(13-11-25)15-21(28)24-18-7-5-17(22)6-8-18/h2-9H,10-15H2,1H3,(H,24,28). The molecule has 1 N–H and O–H groups in total. The average Bonchev–Trinajstić information content (AvgIpc) is 3.00. The zero-order chi connectivity index (χ0) is 19.5. The first-order chi connectivity index (χ1) is 13.6. The number of aromatic nitrogens is 2. The highest BCUT2D eigenvalue weighted by molar-refractivity contribution is 5.92. The molecule has 3 heterocycles. The van der Waals surface area contributed by atoms with Gasteiger partial charge in [-0.3, -0.25) is 14.6 Å². The third-order valence-corrected chi connectivity index (χ3v) is 5.16. The SMILES string of the molecule is Cc1nc2ccccn2c1CN1CCN(CC(=O)Nc2ccc(F)cc2)CC1. The van der Waals surface area contributed by atoms with Crippen molar-refractivity contribution >= 4 is 17.2 Å². The predicted octanol–water partition coefficient (Wildman–Crippen LogP) is 2.54. The van der Waals surface area contributed by atoms with Crippen LogP contribution in [0.25, 0.3) is 5.65 Å². The van der Waals surface area contributed by atoms with Crippen LogP contribution in [-0.2, 0) is 11.3 Å². The fourth-order valence-corrected chi connectivity index (χ4v) is 3.61. The van der Waals surface area contributed by atoms with Gasteiger partial charge in [-0.05, 0) is 43.3 Å². The predicted molar refractivity (Wildman–Crippen MR) is 107 cm³/mol. The number of anilines is 1. The molecule has 7 heteroatoms. The number of aryl methyl sites for hydroxylation is 1. The van der Waals surface area contributed by atoms with Crippen LogP contribution in [0.5, 0.6) is 0 Å². The number of benzene rings is 1. The summed E-state index contributed by atoms with van der Waals surface area (Å²) < 4.78 is 15.1. The Morgan fingerprint density at radius 1 is 1.07 bits per heavy atom. The van der Waals surface area contributed by atoms with Crippen LogP contribution < -0.4 is 5.32 Å². The fourth-order valence-electron chi connectivity index (χ4n) is 3.61. The molecular weight excluding hydrogens is 357 g/mol. The van der Waals surface area contributed by atoms with Gasteiger partial charge in [0.1, 0.15) is 11.5 Å². The van der Waals surface area contributed by atoms with Gasteiger partial charge >= 0.3 is 0 Å². The molecule has 0 unspecified atom stereocenters. The van der Waals surface area contributed by atoms with Crippen molar-refractivity contribution in [2.75, 3.05) is 38.0 Å². The summed E-state index contributed by atoms with van der Waals surface area (Å²) in [5, 5.41) is 2.82. The minimum Gasteiger partial charge on any atom is -0.325 e. The maximum Gasteiger partial charge on any atom is 0.238 e. The number of carbonyl (C=O) groups is 1. The van der Waals surface area contributed by atoms with E-state index in [1.807, 2.05) is 18.2 Å². The smallest absolute Gasteiger partial charge is 0.238 e. The molecule has 0 atom stereocenters. The van der Waals surface area contributed by atoms with Crippen LogP contribution in [0.15, 0.2) is 48.7 Å². The monoisotopic (exact) mass is 381 g/mol. The van der Waals surface area contributed by atoms with Crippen LogP contribution in [0.1, 0.15) is 11.4 Å². The van der Waals surface area contributed by atoms with Crippen LogP contribution in [0.4, 0.5) is 10.1 Å². The highest BCUT2D eigenvalue weighted by atomic mass is 19.1. The van der Waals surface area contributed by atoms with Crippen molar-refractivity contribution in [3.8, 4) is 0 Å².